The molecule has 0 heterocycles. The van der Waals surface area contributed by atoms with E-state index >= 15 is 0 Å². The minimum atomic E-state index is 0.0391. The molecule has 4 heteroatoms. The normalized spacial score (nSPS) is 20.1. The fraction of sp³-hybridized carbons (Fsp3) is 0.235. The Morgan fingerprint density at radius 1 is 1.10 bits per heavy atom. The molecule has 2 atom stereocenters. The summed E-state index contributed by atoms with van der Waals surface area (Å²) in [5.41, 5.74) is 2.12. The van der Waals surface area contributed by atoms with Crippen LogP contribution in [0.2, 0.25) is 10.0 Å². The second kappa shape index (κ2) is 6.08. The van der Waals surface area contributed by atoms with E-state index in [1.807, 2.05) is 48.5 Å². The molecule has 108 valence electrons. The maximum Gasteiger partial charge on any atom is 0.224 e. The molecular formula is C17H15Cl2NO. The Morgan fingerprint density at radius 3 is 2.52 bits per heavy atom. The smallest absolute Gasteiger partial charge is 0.224 e. The fourth-order valence-electron chi connectivity index (χ4n) is 2.53. The molecule has 2 aromatic carbocycles. The van der Waals surface area contributed by atoms with E-state index in [1.54, 1.807) is 0 Å². The molecule has 1 aliphatic rings. The van der Waals surface area contributed by atoms with Crippen LogP contribution < -0.4 is 5.32 Å². The van der Waals surface area contributed by atoms with Crippen LogP contribution in [0, 0.1) is 5.92 Å². The zero-order valence-corrected chi connectivity index (χ0v) is 12.9. The Labute approximate surface area is 134 Å². The first-order chi connectivity index (χ1) is 10.1. The highest BCUT2D eigenvalue weighted by atomic mass is 35.5. The van der Waals surface area contributed by atoms with Gasteiger partial charge in [-0.15, -0.1) is 0 Å². The van der Waals surface area contributed by atoms with Crippen molar-refractivity contribution in [3.63, 3.8) is 0 Å². The lowest BCUT2D eigenvalue weighted by Gasteiger charge is -2.06. The number of halogens is 2. The van der Waals surface area contributed by atoms with E-state index in [2.05, 4.69) is 5.32 Å². The van der Waals surface area contributed by atoms with Gasteiger partial charge in [-0.2, -0.15) is 0 Å². The first-order valence-electron chi connectivity index (χ1n) is 6.92. The van der Waals surface area contributed by atoms with Crippen molar-refractivity contribution in [2.24, 2.45) is 5.92 Å². The van der Waals surface area contributed by atoms with E-state index in [1.165, 1.54) is 0 Å². The van der Waals surface area contributed by atoms with Crippen molar-refractivity contribution in [2.75, 3.05) is 0 Å². The zero-order chi connectivity index (χ0) is 14.8. The summed E-state index contributed by atoms with van der Waals surface area (Å²) < 4.78 is 0. The quantitative estimate of drug-likeness (QED) is 0.888. The van der Waals surface area contributed by atoms with E-state index in [9.17, 15) is 4.79 Å². The number of amides is 1. The van der Waals surface area contributed by atoms with Crippen molar-refractivity contribution in [3.8, 4) is 0 Å². The van der Waals surface area contributed by atoms with Crippen LogP contribution in [0.3, 0.4) is 0 Å². The van der Waals surface area contributed by atoms with Gasteiger partial charge in [-0.3, -0.25) is 4.79 Å². The number of carbonyl (C=O) groups excluding carboxylic acids is 1. The first-order valence-corrected chi connectivity index (χ1v) is 7.67. The number of carbonyl (C=O) groups is 1. The third-order valence-corrected chi connectivity index (χ3v) is 4.41. The summed E-state index contributed by atoms with van der Waals surface area (Å²) in [4.78, 5) is 12.2. The number of hydrogen-bond acceptors (Lipinski definition) is 1. The molecular weight excluding hydrogens is 305 g/mol. The van der Waals surface area contributed by atoms with Crippen LogP contribution in [-0.4, -0.2) is 5.91 Å². The molecule has 2 nitrogen and oxygen atoms in total. The van der Waals surface area contributed by atoms with Crippen LogP contribution in [0.5, 0.6) is 0 Å². The highest BCUT2D eigenvalue weighted by Gasteiger charge is 2.44. The van der Waals surface area contributed by atoms with Gasteiger partial charge in [-0.05, 0) is 41.7 Å². The van der Waals surface area contributed by atoms with Crippen LogP contribution in [0.1, 0.15) is 23.5 Å². The van der Waals surface area contributed by atoms with E-state index in [0.29, 0.717) is 11.6 Å². The lowest BCUT2D eigenvalue weighted by molar-refractivity contribution is -0.122. The van der Waals surface area contributed by atoms with Gasteiger partial charge < -0.3 is 5.32 Å². The Balaban J connectivity index is 1.56. The van der Waals surface area contributed by atoms with E-state index < -0.39 is 0 Å². The summed E-state index contributed by atoms with van der Waals surface area (Å²) in [6, 6.07) is 15.2. The Kier molecular flexibility index (Phi) is 4.18. The van der Waals surface area contributed by atoms with Gasteiger partial charge in [-0.25, -0.2) is 0 Å². The number of benzene rings is 2. The van der Waals surface area contributed by atoms with Crippen LogP contribution in [0.25, 0.3) is 0 Å². The van der Waals surface area contributed by atoms with Crippen molar-refractivity contribution in [1.82, 2.24) is 5.32 Å². The Morgan fingerprint density at radius 2 is 1.81 bits per heavy atom. The maximum atomic E-state index is 12.2. The minimum Gasteiger partial charge on any atom is -0.352 e. The predicted octanol–water partition coefficient (Wildman–Crippen LogP) is 4.41. The number of rotatable bonds is 4. The molecule has 0 bridgehead atoms. The topological polar surface area (TPSA) is 29.1 Å². The van der Waals surface area contributed by atoms with Gasteiger partial charge in [0.1, 0.15) is 0 Å². The highest BCUT2D eigenvalue weighted by Crippen LogP contribution is 2.49. The predicted molar refractivity (Wildman–Crippen MR) is 85.6 cm³/mol. The van der Waals surface area contributed by atoms with E-state index in [-0.39, 0.29) is 17.7 Å². The summed E-state index contributed by atoms with van der Waals surface area (Å²) in [6.45, 7) is 0.530. The van der Waals surface area contributed by atoms with Gasteiger partial charge >= 0.3 is 0 Å². The van der Waals surface area contributed by atoms with Crippen LogP contribution >= 0.6 is 23.2 Å². The Hall–Kier alpha value is -1.51. The van der Waals surface area contributed by atoms with Crippen LogP contribution in [0.4, 0.5) is 0 Å². The molecule has 1 amide bonds. The molecule has 1 N–H and O–H groups in total. The summed E-state index contributed by atoms with van der Waals surface area (Å²) in [7, 11) is 0. The number of nitrogens with one attached hydrogen (secondary N) is 1. The third-order valence-electron chi connectivity index (χ3n) is 3.81. The monoisotopic (exact) mass is 319 g/mol. The van der Waals surface area contributed by atoms with E-state index in [0.717, 1.165) is 22.6 Å². The van der Waals surface area contributed by atoms with Crippen molar-refractivity contribution in [1.29, 1.82) is 0 Å². The SMILES string of the molecule is O=C(NCc1ccc(Cl)cc1)C1CC1c1ccccc1Cl. The Bertz CT molecular complexity index is 654. The molecule has 21 heavy (non-hydrogen) atoms. The molecule has 0 aliphatic heterocycles. The number of hydrogen-bond donors (Lipinski definition) is 1. The van der Waals surface area contributed by atoms with Gasteiger partial charge in [0.15, 0.2) is 0 Å². The molecule has 1 saturated carbocycles. The van der Waals surface area contributed by atoms with Crippen molar-refractivity contribution in [2.45, 2.75) is 18.9 Å². The summed E-state index contributed by atoms with van der Waals surface area (Å²) >= 11 is 12.0. The molecule has 2 unspecified atom stereocenters. The minimum absolute atomic E-state index is 0.0391. The molecule has 3 rings (SSSR count). The average molecular weight is 320 g/mol. The standard InChI is InChI=1S/C17H15Cl2NO/c18-12-7-5-11(6-8-12)10-20-17(21)15-9-14(15)13-3-1-2-4-16(13)19/h1-8,14-15H,9-10H2,(H,20,21). The zero-order valence-electron chi connectivity index (χ0n) is 11.4. The summed E-state index contributed by atoms with van der Waals surface area (Å²) in [6.07, 6.45) is 0.871. The van der Waals surface area contributed by atoms with Gasteiger partial charge in [0.2, 0.25) is 5.91 Å². The second-order valence-electron chi connectivity index (χ2n) is 5.31. The van der Waals surface area contributed by atoms with E-state index in [4.69, 9.17) is 23.2 Å². The molecule has 0 radical (unpaired) electrons. The largest absolute Gasteiger partial charge is 0.352 e. The molecule has 0 saturated heterocycles. The van der Waals surface area contributed by atoms with Gasteiger partial charge in [0.05, 0.1) is 0 Å². The van der Waals surface area contributed by atoms with Crippen molar-refractivity contribution in [3.05, 3.63) is 69.7 Å². The first kappa shape index (κ1) is 14.4. The van der Waals surface area contributed by atoms with Gasteiger partial charge in [0.25, 0.3) is 0 Å². The average Bonchev–Trinajstić information content (AvgIpc) is 3.27. The van der Waals surface area contributed by atoms with Crippen molar-refractivity contribution < 1.29 is 4.79 Å². The summed E-state index contributed by atoms with van der Waals surface area (Å²) in [5.74, 6) is 0.385. The summed E-state index contributed by atoms with van der Waals surface area (Å²) in [5, 5.41) is 4.42. The third kappa shape index (κ3) is 3.39. The lowest BCUT2D eigenvalue weighted by Crippen LogP contribution is -2.24. The maximum absolute atomic E-state index is 12.2. The molecule has 0 aromatic heterocycles. The lowest BCUT2D eigenvalue weighted by atomic mass is 10.1. The fourth-order valence-corrected chi connectivity index (χ4v) is 2.93. The van der Waals surface area contributed by atoms with Crippen molar-refractivity contribution >= 4 is 29.1 Å². The van der Waals surface area contributed by atoms with Crippen LogP contribution in [-0.2, 0) is 11.3 Å². The molecule has 1 aliphatic carbocycles. The van der Waals surface area contributed by atoms with Gasteiger partial charge in [0, 0.05) is 22.5 Å². The molecule has 0 spiro atoms. The highest BCUT2D eigenvalue weighted by molar-refractivity contribution is 6.31. The molecule has 1 fully saturated rings. The van der Waals surface area contributed by atoms with Crippen LogP contribution in [0.15, 0.2) is 48.5 Å². The van der Waals surface area contributed by atoms with Gasteiger partial charge in [-0.1, -0.05) is 53.5 Å². The second-order valence-corrected chi connectivity index (χ2v) is 6.16. The molecule has 2 aromatic rings.